The quantitative estimate of drug-likeness (QED) is 0.817. The molecule has 150 valence electrons. The zero-order valence-corrected chi connectivity index (χ0v) is 17.0. The lowest BCUT2D eigenvalue weighted by atomic mass is 9.88. The van der Waals surface area contributed by atoms with Crippen LogP contribution in [0.1, 0.15) is 70.8 Å². The van der Waals surface area contributed by atoms with E-state index in [1.54, 1.807) is 0 Å². The highest BCUT2D eigenvalue weighted by Crippen LogP contribution is 2.26. The molecular formula is C22H35N3O2. The largest absolute Gasteiger partial charge is 0.365 e. The van der Waals surface area contributed by atoms with Gasteiger partial charge in [0.1, 0.15) is 11.9 Å². The molecule has 3 atom stereocenters. The Morgan fingerprint density at radius 3 is 2.78 bits per heavy atom. The monoisotopic (exact) mass is 373 g/mol. The van der Waals surface area contributed by atoms with Crippen LogP contribution in [0.4, 0.5) is 5.82 Å². The molecule has 1 saturated heterocycles. The first kappa shape index (κ1) is 20.1. The van der Waals surface area contributed by atoms with Crippen molar-refractivity contribution in [1.82, 2.24) is 10.3 Å². The van der Waals surface area contributed by atoms with Gasteiger partial charge in [-0.15, -0.1) is 0 Å². The zero-order valence-electron chi connectivity index (χ0n) is 17.0. The van der Waals surface area contributed by atoms with Crippen LogP contribution in [0.5, 0.6) is 0 Å². The Morgan fingerprint density at radius 1 is 1.26 bits per heavy atom. The minimum atomic E-state index is -0.396. The van der Waals surface area contributed by atoms with Gasteiger partial charge < -0.3 is 15.0 Å². The van der Waals surface area contributed by atoms with Gasteiger partial charge in [-0.1, -0.05) is 32.6 Å². The topological polar surface area (TPSA) is 54.5 Å². The van der Waals surface area contributed by atoms with Crippen molar-refractivity contribution in [3.8, 4) is 0 Å². The molecule has 27 heavy (non-hydrogen) atoms. The van der Waals surface area contributed by atoms with Gasteiger partial charge in [-0.3, -0.25) is 4.79 Å². The van der Waals surface area contributed by atoms with E-state index in [2.05, 4.69) is 28.2 Å². The normalized spacial score (nSPS) is 24.9. The van der Waals surface area contributed by atoms with Crippen LogP contribution in [0.3, 0.4) is 0 Å². The van der Waals surface area contributed by atoms with Gasteiger partial charge in [0, 0.05) is 25.8 Å². The second kappa shape index (κ2) is 10.1. The Hall–Kier alpha value is -1.62. The van der Waals surface area contributed by atoms with Crippen LogP contribution in [0.25, 0.3) is 0 Å². The summed E-state index contributed by atoms with van der Waals surface area (Å²) in [5, 5.41) is 3.03. The number of rotatable bonds is 6. The van der Waals surface area contributed by atoms with Crippen molar-refractivity contribution in [3.05, 3.63) is 23.9 Å². The summed E-state index contributed by atoms with van der Waals surface area (Å²) in [6, 6.07) is 4.09. The number of carbonyl (C=O) groups is 1. The zero-order chi connectivity index (χ0) is 19.1. The Bertz CT molecular complexity index is 599. The van der Waals surface area contributed by atoms with Gasteiger partial charge in [-0.25, -0.2) is 4.98 Å². The number of nitrogens with one attached hydrogen (secondary N) is 1. The summed E-state index contributed by atoms with van der Waals surface area (Å²) in [6.45, 7) is 6.81. The molecule has 3 rings (SSSR count). The number of nitrogens with zero attached hydrogens (tertiary/aromatic N) is 2. The highest BCUT2D eigenvalue weighted by molar-refractivity contribution is 5.80. The van der Waals surface area contributed by atoms with Crippen LogP contribution < -0.4 is 10.2 Å². The standard InChI is InChI=1S/C22H35N3O2/c1-17-8-7-9-20(14-17)27-18(2)22(26)24-16-19-10-11-23-21(15-19)25-12-5-3-4-6-13-25/h10-11,15,17-18,20H,3-9,12-14,16H2,1-2H3,(H,24,26). The van der Waals surface area contributed by atoms with Gasteiger partial charge in [0.05, 0.1) is 6.10 Å². The van der Waals surface area contributed by atoms with Crippen LogP contribution in [-0.4, -0.2) is 36.2 Å². The van der Waals surface area contributed by atoms with E-state index in [0.717, 1.165) is 37.3 Å². The molecule has 2 heterocycles. The maximum absolute atomic E-state index is 12.4. The summed E-state index contributed by atoms with van der Waals surface area (Å²) in [5.74, 6) is 1.71. The van der Waals surface area contributed by atoms with E-state index >= 15 is 0 Å². The number of carbonyl (C=O) groups excluding carboxylic acids is 1. The molecule has 0 spiro atoms. The first-order valence-electron chi connectivity index (χ1n) is 10.7. The predicted molar refractivity (Wildman–Crippen MR) is 109 cm³/mol. The molecule has 1 saturated carbocycles. The first-order valence-corrected chi connectivity index (χ1v) is 10.7. The highest BCUT2D eigenvalue weighted by atomic mass is 16.5. The molecule has 5 heteroatoms. The van der Waals surface area contributed by atoms with Crippen molar-refractivity contribution >= 4 is 11.7 Å². The van der Waals surface area contributed by atoms with Crippen molar-refractivity contribution in [2.75, 3.05) is 18.0 Å². The number of anilines is 1. The summed E-state index contributed by atoms with van der Waals surface area (Å²) >= 11 is 0. The number of amides is 1. The van der Waals surface area contributed by atoms with Crippen molar-refractivity contribution in [1.29, 1.82) is 0 Å². The predicted octanol–water partition coefficient (Wildman–Crippen LogP) is 4.06. The van der Waals surface area contributed by atoms with Crippen molar-refractivity contribution in [3.63, 3.8) is 0 Å². The summed E-state index contributed by atoms with van der Waals surface area (Å²) in [6.07, 6.45) is 11.4. The SMILES string of the molecule is CC1CCCC(OC(C)C(=O)NCc2ccnc(N3CCCCCC3)c2)C1. The van der Waals surface area contributed by atoms with E-state index in [0.29, 0.717) is 12.5 Å². The molecule has 2 fully saturated rings. The third-order valence-corrected chi connectivity index (χ3v) is 5.86. The van der Waals surface area contributed by atoms with Gasteiger partial charge >= 0.3 is 0 Å². The summed E-state index contributed by atoms with van der Waals surface area (Å²) in [4.78, 5) is 19.4. The van der Waals surface area contributed by atoms with Crippen LogP contribution in [0.15, 0.2) is 18.3 Å². The van der Waals surface area contributed by atoms with E-state index in [1.807, 2.05) is 19.2 Å². The fourth-order valence-corrected chi connectivity index (χ4v) is 4.23. The average molecular weight is 374 g/mol. The van der Waals surface area contributed by atoms with Crippen molar-refractivity contribution in [2.45, 2.75) is 84.0 Å². The second-order valence-electron chi connectivity index (χ2n) is 8.31. The Balaban J connectivity index is 1.48. The minimum absolute atomic E-state index is 0.0265. The molecule has 0 bridgehead atoms. The molecular weight excluding hydrogens is 338 g/mol. The molecule has 1 aromatic rings. The lowest BCUT2D eigenvalue weighted by molar-refractivity contribution is -0.137. The molecule has 3 unspecified atom stereocenters. The Morgan fingerprint density at radius 2 is 2.04 bits per heavy atom. The Kier molecular flexibility index (Phi) is 7.50. The van der Waals surface area contributed by atoms with E-state index in [-0.39, 0.29) is 12.0 Å². The Labute approximate surface area is 163 Å². The third-order valence-electron chi connectivity index (χ3n) is 5.86. The summed E-state index contributed by atoms with van der Waals surface area (Å²) in [7, 11) is 0. The van der Waals surface area contributed by atoms with Crippen molar-refractivity contribution in [2.24, 2.45) is 5.92 Å². The molecule has 1 aliphatic heterocycles. The van der Waals surface area contributed by atoms with Crippen LogP contribution in [0, 0.1) is 5.92 Å². The molecule has 2 aliphatic rings. The number of ether oxygens (including phenoxy) is 1. The van der Waals surface area contributed by atoms with E-state index in [9.17, 15) is 4.79 Å². The molecule has 1 N–H and O–H groups in total. The fraction of sp³-hybridized carbons (Fsp3) is 0.727. The maximum atomic E-state index is 12.4. The van der Waals surface area contributed by atoms with E-state index in [4.69, 9.17) is 4.74 Å². The van der Waals surface area contributed by atoms with Crippen LogP contribution in [-0.2, 0) is 16.1 Å². The van der Waals surface area contributed by atoms with E-state index in [1.165, 1.54) is 38.5 Å². The first-order chi connectivity index (χ1) is 13.1. The van der Waals surface area contributed by atoms with E-state index < -0.39 is 6.10 Å². The van der Waals surface area contributed by atoms with Crippen molar-refractivity contribution < 1.29 is 9.53 Å². The number of aromatic nitrogens is 1. The maximum Gasteiger partial charge on any atom is 0.249 e. The van der Waals surface area contributed by atoms with Gasteiger partial charge in [0.15, 0.2) is 0 Å². The molecule has 1 aromatic heterocycles. The molecule has 0 aromatic carbocycles. The van der Waals surface area contributed by atoms with Gasteiger partial charge in [0.2, 0.25) is 5.91 Å². The van der Waals surface area contributed by atoms with Gasteiger partial charge in [-0.05, 0) is 56.2 Å². The highest BCUT2D eigenvalue weighted by Gasteiger charge is 2.24. The molecule has 1 aliphatic carbocycles. The number of hydrogen-bond acceptors (Lipinski definition) is 4. The van der Waals surface area contributed by atoms with Crippen LogP contribution >= 0.6 is 0 Å². The smallest absolute Gasteiger partial charge is 0.249 e. The summed E-state index contributed by atoms with van der Waals surface area (Å²) < 4.78 is 6.01. The second-order valence-corrected chi connectivity index (χ2v) is 8.31. The minimum Gasteiger partial charge on any atom is -0.365 e. The number of pyridine rings is 1. The lowest BCUT2D eigenvalue weighted by Crippen LogP contribution is -2.37. The van der Waals surface area contributed by atoms with Gasteiger partial charge in [0.25, 0.3) is 0 Å². The fourth-order valence-electron chi connectivity index (χ4n) is 4.23. The molecule has 0 radical (unpaired) electrons. The van der Waals surface area contributed by atoms with Gasteiger partial charge in [-0.2, -0.15) is 0 Å². The van der Waals surface area contributed by atoms with Crippen LogP contribution in [0.2, 0.25) is 0 Å². The number of hydrogen-bond donors (Lipinski definition) is 1. The molecule has 1 amide bonds. The summed E-state index contributed by atoms with van der Waals surface area (Å²) in [5.41, 5.74) is 1.09. The average Bonchev–Trinajstić information content (AvgIpc) is 2.96. The molecule has 5 nitrogen and oxygen atoms in total. The third kappa shape index (κ3) is 6.20. The lowest BCUT2D eigenvalue weighted by Gasteiger charge is -2.29.